The zero-order chi connectivity index (χ0) is 22.1. The van der Waals surface area contributed by atoms with Gasteiger partial charge in [-0.3, -0.25) is 14.4 Å². The van der Waals surface area contributed by atoms with E-state index in [1.165, 1.54) is 6.92 Å². The van der Waals surface area contributed by atoms with Crippen molar-refractivity contribution in [3.05, 3.63) is 23.8 Å². The van der Waals surface area contributed by atoms with Crippen LogP contribution in [0.25, 0.3) is 0 Å². The van der Waals surface area contributed by atoms with Crippen LogP contribution in [0.3, 0.4) is 0 Å². The first kappa shape index (κ1) is 21.4. The summed E-state index contributed by atoms with van der Waals surface area (Å²) >= 11 is 0. The molecule has 0 radical (unpaired) electrons. The second-order valence-corrected chi connectivity index (χ2v) is 10.3. The van der Waals surface area contributed by atoms with Crippen molar-refractivity contribution in [1.82, 2.24) is 0 Å². The van der Waals surface area contributed by atoms with E-state index in [9.17, 15) is 24.6 Å². The van der Waals surface area contributed by atoms with Crippen LogP contribution in [0.1, 0.15) is 53.4 Å². The Morgan fingerprint density at radius 3 is 2.63 bits per heavy atom. The van der Waals surface area contributed by atoms with Gasteiger partial charge in [0.2, 0.25) is 0 Å². The van der Waals surface area contributed by atoms with Gasteiger partial charge in [-0.1, -0.05) is 32.4 Å². The number of hydrogen-bond donors (Lipinski definition) is 2. The van der Waals surface area contributed by atoms with Crippen molar-refractivity contribution in [3.63, 3.8) is 0 Å². The first-order valence-electron chi connectivity index (χ1n) is 11.0. The maximum atomic E-state index is 12.6. The number of aliphatic hydroxyl groups excluding tert-OH is 1. The van der Waals surface area contributed by atoms with Gasteiger partial charge < -0.3 is 14.9 Å². The molecule has 0 amide bonds. The summed E-state index contributed by atoms with van der Waals surface area (Å²) in [6.07, 6.45) is 7.01. The summed E-state index contributed by atoms with van der Waals surface area (Å²) in [5, 5.41) is 21.0. The maximum Gasteiger partial charge on any atom is 0.302 e. The van der Waals surface area contributed by atoms with Crippen LogP contribution in [-0.4, -0.2) is 46.1 Å². The SMILES string of the molecule is CC(=O)OC1C[C@@]2(C)[C@@H](CC[C@]2(O)C(=O)CO)[C@@H]2CC(C)C3=CC(=O)C=C[C@]3(C)[C@@H]12. The molecule has 6 heteroatoms. The second-order valence-electron chi connectivity index (χ2n) is 10.3. The van der Waals surface area contributed by atoms with Crippen LogP contribution in [0, 0.1) is 34.5 Å². The van der Waals surface area contributed by atoms with Crippen LogP contribution >= 0.6 is 0 Å². The minimum atomic E-state index is -1.62. The van der Waals surface area contributed by atoms with Crippen LogP contribution in [-0.2, 0) is 19.1 Å². The minimum absolute atomic E-state index is 0.0127. The third-order valence-electron chi connectivity index (χ3n) is 8.87. The fourth-order valence-corrected chi connectivity index (χ4v) is 7.63. The Balaban J connectivity index is 1.84. The van der Waals surface area contributed by atoms with Crippen LogP contribution in [0.15, 0.2) is 23.8 Å². The molecule has 3 saturated carbocycles. The van der Waals surface area contributed by atoms with Gasteiger partial charge in [-0.05, 0) is 55.6 Å². The van der Waals surface area contributed by atoms with E-state index in [0.717, 1.165) is 12.0 Å². The van der Waals surface area contributed by atoms with Crippen molar-refractivity contribution in [2.45, 2.75) is 65.1 Å². The molecule has 6 nitrogen and oxygen atoms in total. The van der Waals surface area contributed by atoms with Crippen molar-refractivity contribution >= 4 is 17.5 Å². The van der Waals surface area contributed by atoms with Gasteiger partial charge in [0.1, 0.15) is 18.3 Å². The number of aliphatic hydroxyl groups is 2. The summed E-state index contributed by atoms with van der Waals surface area (Å²) in [6, 6.07) is 0. The molecule has 30 heavy (non-hydrogen) atoms. The highest BCUT2D eigenvalue weighted by molar-refractivity contribution is 6.01. The number of carbonyl (C=O) groups excluding carboxylic acids is 3. The Hall–Kier alpha value is -1.79. The molecule has 0 heterocycles. The van der Waals surface area contributed by atoms with Gasteiger partial charge >= 0.3 is 5.97 Å². The molecule has 2 unspecified atom stereocenters. The summed E-state index contributed by atoms with van der Waals surface area (Å²) in [4.78, 5) is 36.8. The van der Waals surface area contributed by atoms with E-state index >= 15 is 0 Å². The molecular formula is C24H32O6. The van der Waals surface area contributed by atoms with E-state index in [1.807, 2.05) is 13.0 Å². The number of fused-ring (bicyclic) bond motifs is 5. The van der Waals surface area contributed by atoms with Gasteiger partial charge in [0.25, 0.3) is 0 Å². The molecule has 3 fully saturated rings. The van der Waals surface area contributed by atoms with Gasteiger partial charge in [0.15, 0.2) is 11.6 Å². The molecule has 0 aromatic heterocycles. The number of esters is 1. The Labute approximate surface area is 177 Å². The molecule has 2 N–H and O–H groups in total. The molecule has 4 rings (SSSR count). The topological polar surface area (TPSA) is 101 Å². The molecule has 0 bridgehead atoms. The Kier molecular flexibility index (Phi) is 4.90. The Morgan fingerprint density at radius 2 is 2.00 bits per heavy atom. The van der Waals surface area contributed by atoms with E-state index in [-0.39, 0.29) is 35.4 Å². The number of hydrogen-bond acceptors (Lipinski definition) is 6. The normalized spacial score (nSPS) is 47.1. The Bertz CT molecular complexity index is 858. The summed E-state index contributed by atoms with van der Waals surface area (Å²) < 4.78 is 5.85. The summed E-state index contributed by atoms with van der Waals surface area (Å²) in [6.45, 7) is 6.85. The summed E-state index contributed by atoms with van der Waals surface area (Å²) in [5.74, 6) is -0.608. The van der Waals surface area contributed by atoms with Gasteiger partial charge in [-0.2, -0.15) is 0 Å². The van der Waals surface area contributed by atoms with Gasteiger partial charge in [0, 0.05) is 23.7 Å². The third-order valence-corrected chi connectivity index (χ3v) is 8.87. The highest BCUT2D eigenvalue weighted by Gasteiger charge is 2.69. The second kappa shape index (κ2) is 6.86. The van der Waals surface area contributed by atoms with Crippen molar-refractivity contribution in [1.29, 1.82) is 0 Å². The zero-order valence-electron chi connectivity index (χ0n) is 18.2. The molecule has 8 atom stereocenters. The lowest BCUT2D eigenvalue weighted by molar-refractivity contribution is -0.193. The average molecular weight is 417 g/mol. The predicted molar refractivity (Wildman–Crippen MR) is 109 cm³/mol. The quantitative estimate of drug-likeness (QED) is 0.685. The van der Waals surface area contributed by atoms with Gasteiger partial charge in [0.05, 0.1) is 0 Å². The van der Waals surface area contributed by atoms with Crippen LogP contribution < -0.4 is 0 Å². The molecule has 0 aromatic carbocycles. The van der Waals surface area contributed by atoms with Crippen LogP contribution in [0.4, 0.5) is 0 Å². The monoisotopic (exact) mass is 416 g/mol. The number of rotatable bonds is 3. The zero-order valence-corrected chi connectivity index (χ0v) is 18.2. The van der Waals surface area contributed by atoms with E-state index in [4.69, 9.17) is 4.74 Å². The van der Waals surface area contributed by atoms with Gasteiger partial charge in [-0.15, -0.1) is 0 Å². The molecule has 0 aromatic rings. The van der Waals surface area contributed by atoms with E-state index in [1.54, 1.807) is 12.2 Å². The fourth-order valence-electron chi connectivity index (χ4n) is 7.63. The first-order chi connectivity index (χ1) is 14.0. The molecule has 0 saturated heterocycles. The fraction of sp³-hybridized carbons (Fsp3) is 0.708. The molecular weight excluding hydrogens is 384 g/mol. The molecule has 164 valence electrons. The minimum Gasteiger partial charge on any atom is -0.462 e. The van der Waals surface area contributed by atoms with Gasteiger partial charge in [-0.25, -0.2) is 0 Å². The lowest BCUT2D eigenvalue weighted by Gasteiger charge is -2.61. The standard InChI is InChI=1S/C24H32O6/c1-13-9-16-17-6-8-24(29,20(28)12-25)23(17,4)11-19(30-14(2)26)21(16)22(3)7-5-15(27)10-18(13)22/h5,7,10,13,16-17,19,21,25,29H,6,8-9,11-12H2,1-4H3/t13?,16-,17-,19?,21+,22-,23-,24-/m0/s1. The molecule has 0 aliphatic heterocycles. The molecule has 4 aliphatic carbocycles. The molecule has 0 spiro atoms. The Morgan fingerprint density at radius 1 is 1.30 bits per heavy atom. The lowest BCUT2D eigenvalue weighted by Crippen LogP contribution is -2.63. The first-order valence-corrected chi connectivity index (χ1v) is 11.0. The van der Waals surface area contributed by atoms with Crippen LogP contribution in [0.5, 0.6) is 0 Å². The highest BCUT2D eigenvalue weighted by Crippen LogP contribution is 2.68. The third kappa shape index (κ3) is 2.72. The lowest BCUT2D eigenvalue weighted by atomic mass is 9.44. The average Bonchev–Trinajstić information content (AvgIpc) is 2.94. The number of ketones is 2. The van der Waals surface area contributed by atoms with E-state index in [2.05, 4.69) is 13.8 Å². The van der Waals surface area contributed by atoms with Crippen LogP contribution in [0.2, 0.25) is 0 Å². The number of allylic oxidation sites excluding steroid dienone is 4. The largest absolute Gasteiger partial charge is 0.462 e. The smallest absolute Gasteiger partial charge is 0.302 e. The number of ether oxygens (including phenoxy) is 1. The van der Waals surface area contributed by atoms with Crippen molar-refractivity contribution in [3.8, 4) is 0 Å². The highest BCUT2D eigenvalue weighted by atomic mass is 16.5. The predicted octanol–water partition coefficient (Wildman–Crippen LogP) is 2.37. The number of Topliss-reactive ketones (excluding diaryl/α,β-unsaturated/α-hetero) is 1. The molecule has 4 aliphatic rings. The van der Waals surface area contributed by atoms with Crippen molar-refractivity contribution in [2.24, 2.45) is 34.5 Å². The summed E-state index contributed by atoms with van der Waals surface area (Å²) in [7, 11) is 0. The number of carbonyl (C=O) groups is 3. The maximum absolute atomic E-state index is 12.6. The van der Waals surface area contributed by atoms with E-state index < -0.39 is 34.9 Å². The van der Waals surface area contributed by atoms with Crippen molar-refractivity contribution in [2.75, 3.05) is 6.61 Å². The van der Waals surface area contributed by atoms with Crippen molar-refractivity contribution < 1.29 is 29.3 Å². The van der Waals surface area contributed by atoms with E-state index in [0.29, 0.717) is 19.3 Å². The summed E-state index contributed by atoms with van der Waals surface area (Å²) in [5.41, 5.74) is -1.73.